The lowest BCUT2D eigenvalue weighted by atomic mass is 10.1. The number of hydrogen-bond donors (Lipinski definition) is 3. The Kier molecular flexibility index (Phi) is 9.42. The average Bonchev–Trinajstić information content (AvgIpc) is 3.33. The number of anilines is 1. The number of nitrogens with zero attached hydrogens (tertiary/aromatic N) is 3. The van der Waals surface area contributed by atoms with E-state index in [0.717, 1.165) is 55.6 Å². The Morgan fingerprint density at radius 1 is 1.13 bits per heavy atom. The Labute approximate surface area is 223 Å². The number of hydrogen-bond acceptors (Lipinski definition) is 6. The van der Waals surface area contributed by atoms with Crippen LogP contribution >= 0.6 is 0 Å². The van der Waals surface area contributed by atoms with Gasteiger partial charge in [0.25, 0.3) is 0 Å². The van der Waals surface area contributed by atoms with E-state index >= 15 is 0 Å². The molecule has 0 radical (unpaired) electrons. The Morgan fingerprint density at radius 3 is 2.71 bits per heavy atom. The summed E-state index contributed by atoms with van der Waals surface area (Å²) in [6.07, 6.45) is 5.61. The van der Waals surface area contributed by atoms with E-state index in [1.807, 2.05) is 27.8 Å². The lowest BCUT2D eigenvalue weighted by molar-refractivity contribution is -0.132. The number of urea groups is 1. The highest BCUT2D eigenvalue weighted by molar-refractivity contribution is 5.90. The lowest BCUT2D eigenvalue weighted by Gasteiger charge is -2.27. The van der Waals surface area contributed by atoms with Gasteiger partial charge in [-0.1, -0.05) is 13.8 Å². The van der Waals surface area contributed by atoms with Gasteiger partial charge in [-0.3, -0.25) is 4.79 Å². The maximum atomic E-state index is 12.7. The third kappa shape index (κ3) is 7.16. The molecule has 0 atom stereocenters. The van der Waals surface area contributed by atoms with Crippen molar-refractivity contribution in [3.05, 3.63) is 48.3 Å². The number of benzene rings is 1. The first-order valence-electron chi connectivity index (χ1n) is 13.2. The summed E-state index contributed by atoms with van der Waals surface area (Å²) in [7, 11) is 1.60. The minimum atomic E-state index is -0.334. The van der Waals surface area contributed by atoms with Crippen LogP contribution in [0.15, 0.2) is 42.7 Å². The highest BCUT2D eigenvalue weighted by atomic mass is 16.5. The summed E-state index contributed by atoms with van der Waals surface area (Å²) in [6.45, 7) is 8.59. The number of ether oxygens (including phenoxy) is 2. The summed E-state index contributed by atoms with van der Waals surface area (Å²) in [4.78, 5) is 31.8. The number of amides is 3. The fourth-order valence-corrected chi connectivity index (χ4v) is 4.48. The van der Waals surface area contributed by atoms with E-state index in [9.17, 15) is 9.59 Å². The molecule has 1 saturated heterocycles. The van der Waals surface area contributed by atoms with Crippen LogP contribution in [0.1, 0.15) is 32.3 Å². The summed E-state index contributed by atoms with van der Waals surface area (Å²) in [6, 6.07) is 8.81. The van der Waals surface area contributed by atoms with E-state index in [2.05, 4.69) is 34.8 Å². The predicted octanol–water partition coefficient (Wildman–Crippen LogP) is 3.61. The standard InChI is InChI=1S/C28H38N6O4/c1-20(2)5-4-16-38-25-17-22(6-7-24(25)37-3)32-28(36)31-18-21-8-10-30-27-23(21)9-13-34(27)19-26(35)33-14-11-29-12-15-33/h6-10,13,17,20,29H,4-5,11-12,14-16,18-19H2,1-3H3,(H2,31,32,36). The average molecular weight is 523 g/mol. The molecule has 0 aliphatic carbocycles. The number of rotatable bonds is 11. The van der Waals surface area contributed by atoms with Crippen LogP contribution in [0.4, 0.5) is 10.5 Å². The molecule has 1 fully saturated rings. The van der Waals surface area contributed by atoms with Gasteiger partial charge in [0.05, 0.1) is 13.7 Å². The number of fused-ring (bicyclic) bond motifs is 1. The second kappa shape index (κ2) is 13.1. The van der Waals surface area contributed by atoms with Gasteiger partial charge in [0, 0.05) is 62.3 Å². The summed E-state index contributed by atoms with van der Waals surface area (Å²) in [5.74, 6) is 1.93. The number of nitrogens with one attached hydrogen (secondary N) is 3. The van der Waals surface area contributed by atoms with Crippen molar-refractivity contribution < 1.29 is 19.1 Å². The quantitative estimate of drug-likeness (QED) is 0.332. The maximum Gasteiger partial charge on any atom is 0.319 e. The van der Waals surface area contributed by atoms with Crippen molar-refractivity contribution in [1.29, 1.82) is 0 Å². The molecule has 1 aliphatic rings. The molecular weight excluding hydrogens is 484 g/mol. The molecule has 10 nitrogen and oxygen atoms in total. The second-order valence-electron chi connectivity index (χ2n) is 9.84. The first kappa shape index (κ1) is 27.3. The highest BCUT2D eigenvalue weighted by Crippen LogP contribution is 2.30. The molecular formula is C28H38N6O4. The Bertz CT molecular complexity index is 1240. The molecule has 0 unspecified atom stereocenters. The molecule has 204 valence electrons. The first-order valence-corrected chi connectivity index (χ1v) is 13.2. The molecule has 10 heteroatoms. The van der Waals surface area contributed by atoms with Crippen molar-refractivity contribution >= 4 is 28.7 Å². The van der Waals surface area contributed by atoms with Crippen LogP contribution in [0, 0.1) is 5.92 Å². The topological polar surface area (TPSA) is 110 Å². The SMILES string of the molecule is COc1ccc(NC(=O)NCc2ccnc3c2ccn3CC(=O)N2CCNCC2)cc1OCCCC(C)C. The van der Waals surface area contributed by atoms with E-state index in [1.165, 1.54) is 0 Å². The number of methoxy groups -OCH3 is 1. The zero-order valence-corrected chi connectivity index (χ0v) is 22.5. The number of carbonyl (C=O) groups excluding carboxylic acids is 2. The third-order valence-electron chi connectivity index (χ3n) is 6.57. The number of pyridine rings is 1. The molecule has 0 spiro atoms. The van der Waals surface area contributed by atoms with Gasteiger partial charge in [-0.05, 0) is 48.6 Å². The predicted molar refractivity (Wildman–Crippen MR) is 148 cm³/mol. The smallest absolute Gasteiger partial charge is 0.319 e. The fourth-order valence-electron chi connectivity index (χ4n) is 4.48. The zero-order valence-electron chi connectivity index (χ0n) is 22.5. The highest BCUT2D eigenvalue weighted by Gasteiger charge is 2.18. The molecule has 38 heavy (non-hydrogen) atoms. The third-order valence-corrected chi connectivity index (χ3v) is 6.57. The second-order valence-corrected chi connectivity index (χ2v) is 9.84. The Morgan fingerprint density at radius 2 is 1.95 bits per heavy atom. The van der Waals surface area contributed by atoms with Crippen molar-refractivity contribution in [3.63, 3.8) is 0 Å². The minimum Gasteiger partial charge on any atom is -0.493 e. The molecule has 4 rings (SSSR count). The molecule has 3 N–H and O–H groups in total. The van der Waals surface area contributed by atoms with Crippen LogP contribution in [-0.4, -0.2) is 66.3 Å². The summed E-state index contributed by atoms with van der Waals surface area (Å²) in [5, 5.41) is 9.95. The monoisotopic (exact) mass is 522 g/mol. The van der Waals surface area contributed by atoms with Gasteiger partial charge in [0.2, 0.25) is 5.91 Å². The van der Waals surface area contributed by atoms with Gasteiger partial charge in [0.15, 0.2) is 11.5 Å². The minimum absolute atomic E-state index is 0.0801. The first-order chi connectivity index (χ1) is 18.4. The zero-order chi connectivity index (χ0) is 26.9. The van der Waals surface area contributed by atoms with Crippen LogP contribution in [0.2, 0.25) is 0 Å². The normalized spacial score (nSPS) is 13.5. The fraction of sp³-hybridized carbons (Fsp3) is 0.464. The van der Waals surface area contributed by atoms with Crippen molar-refractivity contribution in [2.24, 2.45) is 5.92 Å². The van der Waals surface area contributed by atoms with E-state index in [1.54, 1.807) is 31.5 Å². The van der Waals surface area contributed by atoms with E-state index < -0.39 is 0 Å². The van der Waals surface area contributed by atoms with Crippen LogP contribution in [0.3, 0.4) is 0 Å². The molecule has 3 amide bonds. The molecule has 0 bridgehead atoms. The Hall–Kier alpha value is -3.79. The number of aromatic nitrogens is 2. The Balaban J connectivity index is 1.35. The summed E-state index contributed by atoms with van der Waals surface area (Å²) in [5.41, 5.74) is 2.25. The van der Waals surface area contributed by atoms with Gasteiger partial charge >= 0.3 is 6.03 Å². The molecule has 2 aromatic heterocycles. The molecule has 0 saturated carbocycles. The summed E-state index contributed by atoms with van der Waals surface area (Å²) >= 11 is 0. The van der Waals surface area contributed by atoms with Crippen molar-refractivity contribution in [2.45, 2.75) is 39.8 Å². The van der Waals surface area contributed by atoms with Gasteiger partial charge in [-0.2, -0.15) is 0 Å². The maximum absolute atomic E-state index is 12.7. The largest absolute Gasteiger partial charge is 0.493 e. The van der Waals surface area contributed by atoms with Gasteiger partial charge in [-0.25, -0.2) is 9.78 Å². The van der Waals surface area contributed by atoms with Crippen molar-refractivity contribution in [3.8, 4) is 11.5 Å². The van der Waals surface area contributed by atoms with Crippen LogP contribution in [0.25, 0.3) is 11.0 Å². The van der Waals surface area contributed by atoms with E-state index in [0.29, 0.717) is 36.3 Å². The van der Waals surface area contributed by atoms with Crippen LogP contribution in [-0.2, 0) is 17.9 Å². The van der Waals surface area contributed by atoms with E-state index in [4.69, 9.17) is 9.47 Å². The van der Waals surface area contributed by atoms with Gasteiger partial charge < -0.3 is 34.9 Å². The van der Waals surface area contributed by atoms with Crippen LogP contribution < -0.4 is 25.4 Å². The summed E-state index contributed by atoms with van der Waals surface area (Å²) < 4.78 is 13.2. The van der Waals surface area contributed by atoms with Crippen molar-refractivity contribution in [2.75, 3.05) is 45.2 Å². The lowest BCUT2D eigenvalue weighted by Crippen LogP contribution is -2.47. The number of piperazine rings is 1. The van der Waals surface area contributed by atoms with Gasteiger partial charge in [0.1, 0.15) is 12.2 Å². The molecule has 1 aromatic carbocycles. The number of carbonyl (C=O) groups is 2. The molecule has 3 heterocycles. The van der Waals surface area contributed by atoms with E-state index in [-0.39, 0.29) is 18.5 Å². The van der Waals surface area contributed by atoms with Gasteiger partial charge in [-0.15, -0.1) is 0 Å². The van der Waals surface area contributed by atoms with Crippen molar-refractivity contribution in [1.82, 2.24) is 25.1 Å². The molecule has 1 aliphatic heterocycles. The van der Waals surface area contributed by atoms with Crippen LogP contribution in [0.5, 0.6) is 11.5 Å². The molecule has 3 aromatic rings.